The Hall–Kier alpha value is -1.63. The van der Waals surface area contributed by atoms with Gasteiger partial charge in [-0.05, 0) is 32.8 Å². The predicted molar refractivity (Wildman–Crippen MR) is 80.5 cm³/mol. The number of nitrogens with zero attached hydrogens (tertiary/aromatic N) is 3. The van der Waals surface area contributed by atoms with Gasteiger partial charge in [0.15, 0.2) is 5.82 Å². The van der Waals surface area contributed by atoms with Crippen molar-refractivity contribution in [2.75, 3.05) is 17.7 Å². The number of sulfone groups is 1. The molecule has 0 spiro atoms. The van der Waals surface area contributed by atoms with Gasteiger partial charge in [0.2, 0.25) is 0 Å². The number of hydrogen-bond donors (Lipinski definition) is 1. The van der Waals surface area contributed by atoms with Crippen LogP contribution in [0.5, 0.6) is 0 Å². The van der Waals surface area contributed by atoms with Crippen molar-refractivity contribution < 1.29 is 8.42 Å². The van der Waals surface area contributed by atoms with E-state index in [1.807, 2.05) is 25.3 Å². The van der Waals surface area contributed by atoms with E-state index >= 15 is 0 Å². The Morgan fingerprint density at radius 1 is 1.20 bits per heavy atom. The fourth-order valence-corrected chi connectivity index (χ4v) is 3.02. The number of hydrogen-bond acceptors (Lipinski definition) is 5. The fourth-order valence-electron chi connectivity index (χ4n) is 2.37. The van der Waals surface area contributed by atoms with Gasteiger partial charge in [0, 0.05) is 18.5 Å². The molecule has 0 amide bonds. The van der Waals surface area contributed by atoms with E-state index in [-0.39, 0.29) is 5.75 Å². The molecule has 20 heavy (non-hydrogen) atoms. The van der Waals surface area contributed by atoms with Crippen molar-refractivity contribution in [3.05, 3.63) is 17.1 Å². The van der Waals surface area contributed by atoms with Crippen LogP contribution in [0, 0.1) is 20.8 Å². The summed E-state index contributed by atoms with van der Waals surface area (Å²) >= 11 is 0. The van der Waals surface area contributed by atoms with E-state index in [2.05, 4.69) is 9.97 Å². The SMILES string of the molecule is Cc1nc(N)c2nc(C)n(CCCS(C)(=O)=O)c2c1C. The van der Waals surface area contributed by atoms with Crippen LogP contribution < -0.4 is 5.73 Å². The minimum atomic E-state index is -2.94. The van der Waals surface area contributed by atoms with Crippen LogP contribution in [0.25, 0.3) is 11.0 Å². The first-order chi connectivity index (χ1) is 9.20. The molecule has 6 nitrogen and oxygen atoms in total. The summed E-state index contributed by atoms with van der Waals surface area (Å²) in [6.07, 6.45) is 1.81. The van der Waals surface area contributed by atoms with Gasteiger partial charge in [-0.3, -0.25) is 0 Å². The lowest BCUT2D eigenvalue weighted by Gasteiger charge is -2.10. The van der Waals surface area contributed by atoms with E-state index in [1.54, 1.807) is 0 Å². The molecule has 0 aliphatic heterocycles. The summed E-state index contributed by atoms with van der Waals surface area (Å²) in [5, 5.41) is 0. The van der Waals surface area contributed by atoms with Gasteiger partial charge in [0.25, 0.3) is 0 Å². The summed E-state index contributed by atoms with van der Waals surface area (Å²) in [7, 11) is -2.94. The summed E-state index contributed by atoms with van der Waals surface area (Å²) in [6, 6.07) is 0. The molecule has 2 aromatic heterocycles. The molecule has 0 unspecified atom stereocenters. The molecule has 110 valence electrons. The van der Waals surface area contributed by atoms with Crippen LogP contribution in [-0.2, 0) is 16.4 Å². The largest absolute Gasteiger partial charge is 0.382 e. The topological polar surface area (TPSA) is 90.9 Å². The molecule has 0 aromatic carbocycles. The first-order valence-electron chi connectivity index (χ1n) is 6.48. The maximum absolute atomic E-state index is 11.2. The van der Waals surface area contributed by atoms with Crippen molar-refractivity contribution in [1.29, 1.82) is 0 Å². The van der Waals surface area contributed by atoms with Gasteiger partial charge >= 0.3 is 0 Å². The quantitative estimate of drug-likeness (QED) is 0.920. The Bertz CT molecular complexity index is 763. The molecule has 2 N–H and O–H groups in total. The van der Waals surface area contributed by atoms with Crippen LogP contribution in [0.3, 0.4) is 0 Å². The minimum Gasteiger partial charge on any atom is -0.382 e. The molecule has 0 bridgehead atoms. The van der Waals surface area contributed by atoms with Gasteiger partial charge in [0.05, 0.1) is 11.3 Å². The van der Waals surface area contributed by atoms with Gasteiger partial charge in [-0.25, -0.2) is 18.4 Å². The Balaban J connectivity index is 2.45. The second kappa shape index (κ2) is 5.05. The smallest absolute Gasteiger partial charge is 0.151 e. The Morgan fingerprint density at radius 2 is 1.85 bits per heavy atom. The number of pyridine rings is 1. The summed E-state index contributed by atoms with van der Waals surface area (Å²) in [5.74, 6) is 1.42. The Morgan fingerprint density at radius 3 is 2.45 bits per heavy atom. The summed E-state index contributed by atoms with van der Waals surface area (Å²) in [6.45, 7) is 6.40. The summed E-state index contributed by atoms with van der Waals surface area (Å²) in [5.41, 5.74) is 9.49. The van der Waals surface area contributed by atoms with E-state index in [0.29, 0.717) is 24.3 Å². The van der Waals surface area contributed by atoms with E-state index in [1.165, 1.54) is 6.26 Å². The normalized spacial score (nSPS) is 12.2. The van der Waals surface area contributed by atoms with Crippen LogP contribution in [0.1, 0.15) is 23.5 Å². The van der Waals surface area contributed by atoms with E-state index in [9.17, 15) is 8.42 Å². The highest BCUT2D eigenvalue weighted by Crippen LogP contribution is 2.25. The van der Waals surface area contributed by atoms with Crippen LogP contribution in [0.4, 0.5) is 5.82 Å². The van der Waals surface area contributed by atoms with Gasteiger partial charge in [-0.1, -0.05) is 0 Å². The van der Waals surface area contributed by atoms with Crippen molar-refractivity contribution in [2.24, 2.45) is 0 Å². The predicted octanol–water partition coefficient (Wildman–Crippen LogP) is 1.37. The third-order valence-corrected chi connectivity index (χ3v) is 4.51. The second-order valence-corrected chi connectivity index (χ2v) is 7.46. The van der Waals surface area contributed by atoms with Crippen LogP contribution in [0.2, 0.25) is 0 Å². The molecule has 0 aliphatic rings. The van der Waals surface area contributed by atoms with Crippen molar-refractivity contribution in [2.45, 2.75) is 33.7 Å². The molecule has 2 aromatic rings. The van der Waals surface area contributed by atoms with Gasteiger partial charge in [-0.15, -0.1) is 0 Å². The molecule has 0 atom stereocenters. The van der Waals surface area contributed by atoms with Gasteiger partial charge < -0.3 is 10.3 Å². The molecule has 0 radical (unpaired) electrons. The van der Waals surface area contributed by atoms with E-state index in [4.69, 9.17) is 5.73 Å². The average Bonchev–Trinajstić information content (AvgIpc) is 2.63. The van der Waals surface area contributed by atoms with Gasteiger partial charge in [-0.2, -0.15) is 0 Å². The highest BCUT2D eigenvalue weighted by Gasteiger charge is 2.15. The molecule has 0 aliphatic carbocycles. The number of nitrogen functional groups attached to an aromatic ring is 1. The lowest BCUT2D eigenvalue weighted by molar-refractivity contribution is 0.591. The summed E-state index contributed by atoms with van der Waals surface area (Å²) in [4.78, 5) is 8.74. The standard InChI is InChI=1S/C13H20N4O2S/c1-8-9(2)15-13(14)11-12(8)17(10(3)16-11)6-5-7-20(4,18)19/h5-7H2,1-4H3,(H2,14,15). The highest BCUT2D eigenvalue weighted by molar-refractivity contribution is 7.90. The molecule has 7 heteroatoms. The average molecular weight is 296 g/mol. The molecule has 0 saturated carbocycles. The molecule has 2 heterocycles. The zero-order chi connectivity index (χ0) is 15.1. The maximum atomic E-state index is 11.2. The Kier molecular flexibility index (Phi) is 3.73. The number of aryl methyl sites for hydroxylation is 4. The van der Waals surface area contributed by atoms with Crippen LogP contribution >= 0.6 is 0 Å². The first kappa shape index (κ1) is 14.8. The second-order valence-electron chi connectivity index (χ2n) is 5.20. The fraction of sp³-hybridized carbons (Fsp3) is 0.538. The first-order valence-corrected chi connectivity index (χ1v) is 8.54. The number of rotatable bonds is 4. The molecule has 2 rings (SSSR count). The Labute approximate surface area is 118 Å². The third-order valence-electron chi connectivity index (χ3n) is 3.48. The maximum Gasteiger partial charge on any atom is 0.151 e. The lowest BCUT2D eigenvalue weighted by Crippen LogP contribution is -2.09. The van der Waals surface area contributed by atoms with Crippen LogP contribution in [-0.4, -0.2) is 35.0 Å². The number of aromatic nitrogens is 3. The van der Waals surface area contributed by atoms with E-state index in [0.717, 1.165) is 22.6 Å². The van der Waals surface area contributed by atoms with Crippen LogP contribution in [0.15, 0.2) is 0 Å². The zero-order valence-corrected chi connectivity index (χ0v) is 13.1. The van der Waals surface area contributed by atoms with Crippen molar-refractivity contribution in [3.63, 3.8) is 0 Å². The summed E-state index contributed by atoms with van der Waals surface area (Å²) < 4.78 is 24.5. The molecular formula is C13H20N4O2S. The minimum absolute atomic E-state index is 0.171. The lowest BCUT2D eigenvalue weighted by atomic mass is 10.2. The molecule has 0 saturated heterocycles. The number of nitrogens with two attached hydrogens (primary N) is 1. The van der Waals surface area contributed by atoms with Crippen molar-refractivity contribution >= 4 is 26.7 Å². The number of fused-ring (bicyclic) bond motifs is 1. The number of imidazole rings is 1. The third kappa shape index (κ3) is 2.77. The van der Waals surface area contributed by atoms with Gasteiger partial charge in [0.1, 0.15) is 21.2 Å². The number of anilines is 1. The van der Waals surface area contributed by atoms with Crippen molar-refractivity contribution in [1.82, 2.24) is 14.5 Å². The monoisotopic (exact) mass is 296 g/mol. The van der Waals surface area contributed by atoms with Crippen molar-refractivity contribution in [3.8, 4) is 0 Å². The highest BCUT2D eigenvalue weighted by atomic mass is 32.2. The molecular weight excluding hydrogens is 276 g/mol. The molecule has 0 fully saturated rings. The van der Waals surface area contributed by atoms with E-state index < -0.39 is 9.84 Å². The zero-order valence-electron chi connectivity index (χ0n) is 12.3.